The lowest BCUT2D eigenvalue weighted by molar-refractivity contribution is 0.0950. The largest absolute Gasteiger partial charge is 0.289 e. The van der Waals surface area contributed by atoms with Crippen molar-refractivity contribution in [1.82, 2.24) is 15.6 Å². The lowest BCUT2D eigenvalue weighted by Gasteiger charge is -2.06. The number of carbonyl (C=O) groups is 1. The van der Waals surface area contributed by atoms with Crippen molar-refractivity contribution in [1.29, 1.82) is 0 Å². The zero-order chi connectivity index (χ0) is 19.8. The highest BCUT2D eigenvalue weighted by Gasteiger charge is 2.18. The van der Waals surface area contributed by atoms with Crippen molar-refractivity contribution >= 4 is 38.8 Å². The van der Waals surface area contributed by atoms with Crippen molar-refractivity contribution in [3.63, 3.8) is 0 Å². The van der Waals surface area contributed by atoms with E-state index in [-0.39, 0.29) is 5.91 Å². The molecule has 5 nitrogen and oxygen atoms in total. The molecule has 0 bridgehead atoms. The van der Waals surface area contributed by atoms with Crippen LogP contribution >= 0.6 is 15.9 Å². The van der Waals surface area contributed by atoms with Gasteiger partial charge in [0.25, 0.3) is 5.91 Å². The first-order valence-electron chi connectivity index (χ1n) is 9.38. The van der Waals surface area contributed by atoms with Crippen molar-refractivity contribution in [2.45, 2.75) is 12.8 Å². The van der Waals surface area contributed by atoms with Crippen LogP contribution in [0.2, 0.25) is 0 Å². The molecule has 0 spiro atoms. The topological polar surface area (TPSA) is 70.1 Å². The average Bonchev–Trinajstić information content (AvgIpc) is 3.39. The number of aromatic amines is 1. The lowest BCUT2D eigenvalue weighted by atomic mass is 9.98. The third kappa shape index (κ3) is 3.25. The first kappa shape index (κ1) is 17.8. The summed E-state index contributed by atoms with van der Waals surface area (Å²) in [6, 6.07) is 20.1. The van der Waals surface area contributed by atoms with Gasteiger partial charge in [-0.15, -0.1) is 0 Å². The SMILES string of the molecule is O=C(N/N=C\c1ccccc1Br)c1cc(-c2ccc3c4c(cccc24)CC3)n[nH]1. The molecule has 0 unspecified atom stereocenters. The molecule has 1 amide bonds. The molecular weight excluding hydrogens is 428 g/mol. The minimum absolute atomic E-state index is 0.335. The Kier molecular flexibility index (Phi) is 4.48. The number of aryl methyl sites for hydroxylation is 2. The smallest absolute Gasteiger partial charge is 0.272 e. The molecule has 1 aliphatic carbocycles. The van der Waals surface area contributed by atoms with Gasteiger partial charge in [-0.05, 0) is 46.9 Å². The molecule has 3 aromatic carbocycles. The van der Waals surface area contributed by atoms with Crippen LogP contribution in [0.3, 0.4) is 0 Å². The van der Waals surface area contributed by atoms with Gasteiger partial charge in [0.05, 0.1) is 11.9 Å². The Balaban J connectivity index is 1.40. The van der Waals surface area contributed by atoms with Gasteiger partial charge in [0.1, 0.15) is 5.69 Å². The highest BCUT2D eigenvalue weighted by atomic mass is 79.9. The summed E-state index contributed by atoms with van der Waals surface area (Å²) in [5.74, 6) is -0.335. The van der Waals surface area contributed by atoms with Gasteiger partial charge < -0.3 is 0 Å². The monoisotopic (exact) mass is 444 g/mol. The van der Waals surface area contributed by atoms with Gasteiger partial charge in [-0.25, -0.2) is 5.43 Å². The summed E-state index contributed by atoms with van der Waals surface area (Å²) in [6.07, 6.45) is 3.77. The van der Waals surface area contributed by atoms with Crippen LogP contribution in [-0.2, 0) is 12.8 Å². The predicted molar refractivity (Wildman–Crippen MR) is 118 cm³/mol. The zero-order valence-corrected chi connectivity index (χ0v) is 17.0. The minimum Gasteiger partial charge on any atom is -0.272 e. The Morgan fingerprint density at radius 2 is 1.90 bits per heavy atom. The predicted octanol–water partition coefficient (Wildman–Crippen LogP) is 4.85. The number of amides is 1. The first-order valence-corrected chi connectivity index (χ1v) is 10.2. The van der Waals surface area contributed by atoms with Crippen LogP contribution in [0.4, 0.5) is 0 Å². The number of nitrogens with zero attached hydrogens (tertiary/aromatic N) is 2. The van der Waals surface area contributed by atoms with Crippen LogP contribution in [0.15, 0.2) is 70.2 Å². The average molecular weight is 445 g/mol. The van der Waals surface area contributed by atoms with Crippen LogP contribution in [0.5, 0.6) is 0 Å². The van der Waals surface area contributed by atoms with E-state index in [4.69, 9.17) is 0 Å². The molecule has 0 saturated heterocycles. The molecule has 0 aliphatic heterocycles. The number of aromatic nitrogens is 2. The lowest BCUT2D eigenvalue weighted by Crippen LogP contribution is -2.18. The minimum atomic E-state index is -0.335. The zero-order valence-electron chi connectivity index (χ0n) is 15.4. The number of nitrogens with one attached hydrogen (secondary N) is 2. The second kappa shape index (κ2) is 7.29. The van der Waals surface area contributed by atoms with E-state index < -0.39 is 0 Å². The van der Waals surface area contributed by atoms with Gasteiger partial charge >= 0.3 is 0 Å². The van der Waals surface area contributed by atoms with E-state index in [9.17, 15) is 4.79 Å². The number of hydrazone groups is 1. The fraction of sp³-hybridized carbons (Fsp3) is 0.0870. The van der Waals surface area contributed by atoms with E-state index in [0.717, 1.165) is 34.1 Å². The summed E-state index contributed by atoms with van der Waals surface area (Å²) >= 11 is 3.45. The van der Waals surface area contributed by atoms with Crippen molar-refractivity contribution in [2.24, 2.45) is 5.10 Å². The summed E-state index contributed by atoms with van der Waals surface area (Å²) in [6.45, 7) is 0. The molecule has 4 aromatic rings. The molecule has 0 radical (unpaired) electrons. The van der Waals surface area contributed by atoms with E-state index in [2.05, 4.69) is 67.0 Å². The van der Waals surface area contributed by atoms with Gasteiger partial charge in [0.2, 0.25) is 0 Å². The van der Waals surface area contributed by atoms with Crippen molar-refractivity contribution < 1.29 is 4.79 Å². The number of carbonyl (C=O) groups excluding carboxylic acids is 1. The van der Waals surface area contributed by atoms with Crippen molar-refractivity contribution in [3.8, 4) is 11.3 Å². The molecule has 5 rings (SSSR count). The standard InChI is InChI=1S/C23H17BrN4O/c24-19-7-2-1-4-16(19)13-25-28-23(29)21-12-20(26-27-21)17-11-10-15-9-8-14-5-3-6-18(17)22(14)15/h1-7,10-13H,8-9H2,(H,26,27)(H,28,29)/b25-13-. The normalized spacial score (nSPS) is 12.7. The molecule has 142 valence electrons. The number of rotatable bonds is 4. The van der Waals surface area contributed by atoms with Crippen molar-refractivity contribution in [3.05, 3.63) is 87.5 Å². The molecule has 29 heavy (non-hydrogen) atoms. The van der Waals surface area contributed by atoms with E-state index >= 15 is 0 Å². The highest BCUT2D eigenvalue weighted by Crippen LogP contribution is 2.36. The Morgan fingerprint density at radius 3 is 2.76 bits per heavy atom. The summed E-state index contributed by atoms with van der Waals surface area (Å²) in [5.41, 5.74) is 8.34. The van der Waals surface area contributed by atoms with E-state index in [0.29, 0.717) is 5.69 Å². The third-order valence-electron chi connectivity index (χ3n) is 5.25. The number of benzene rings is 3. The van der Waals surface area contributed by atoms with E-state index in [1.165, 1.54) is 21.9 Å². The Hall–Kier alpha value is -3.25. The van der Waals surface area contributed by atoms with Crippen LogP contribution in [0.1, 0.15) is 27.2 Å². The van der Waals surface area contributed by atoms with Gasteiger partial charge in [-0.3, -0.25) is 9.89 Å². The fourth-order valence-electron chi connectivity index (χ4n) is 3.85. The second-order valence-corrected chi connectivity index (χ2v) is 7.85. The van der Waals surface area contributed by atoms with Gasteiger partial charge in [-0.1, -0.05) is 64.5 Å². The van der Waals surface area contributed by atoms with Crippen LogP contribution in [-0.4, -0.2) is 22.3 Å². The summed E-state index contributed by atoms with van der Waals surface area (Å²) in [5, 5.41) is 13.8. The van der Waals surface area contributed by atoms with Crippen LogP contribution in [0.25, 0.3) is 22.0 Å². The molecule has 1 heterocycles. The molecule has 0 fully saturated rings. The first-order chi connectivity index (χ1) is 14.2. The van der Waals surface area contributed by atoms with Gasteiger partial charge in [-0.2, -0.15) is 10.2 Å². The van der Waals surface area contributed by atoms with E-state index in [1.54, 1.807) is 12.3 Å². The second-order valence-electron chi connectivity index (χ2n) is 7.00. The summed E-state index contributed by atoms with van der Waals surface area (Å²) < 4.78 is 0.911. The van der Waals surface area contributed by atoms with Crippen molar-refractivity contribution in [2.75, 3.05) is 0 Å². The van der Waals surface area contributed by atoms with Crippen LogP contribution in [0, 0.1) is 0 Å². The number of hydrogen-bond acceptors (Lipinski definition) is 3. The van der Waals surface area contributed by atoms with Crippen LogP contribution < -0.4 is 5.43 Å². The summed E-state index contributed by atoms with van der Waals surface area (Å²) in [4.78, 5) is 12.4. The van der Waals surface area contributed by atoms with Gasteiger partial charge in [0.15, 0.2) is 0 Å². The maximum atomic E-state index is 12.4. The molecule has 6 heteroatoms. The Morgan fingerprint density at radius 1 is 1.07 bits per heavy atom. The highest BCUT2D eigenvalue weighted by molar-refractivity contribution is 9.10. The van der Waals surface area contributed by atoms with Gasteiger partial charge in [0, 0.05) is 15.6 Å². The molecule has 0 atom stereocenters. The molecule has 1 aromatic heterocycles. The Bertz CT molecular complexity index is 1260. The molecule has 1 aliphatic rings. The maximum absolute atomic E-state index is 12.4. The number of hydrogen-bond donors (Lipinski definition) is 2. The third-order valence-corrected chi connectivity index (χ3v) is 5.97. The van der Waals surface area contributed by atoms with E-state index in [1.807, 2.05) is 24.3 Å². The molecule has 2 N–H and O–H groups in total. The summed E-state index contributed by atoms with van der Waals surface area (Å²) in [7, 11) is 0. The number of H-pyrrole nitrogens is 1. The quantitative estimate of drug-likeness (QED) is 0.348. The fourth-order valence-corrected chi connectivity index (χ4v) is 4.23. The number of halogens is 1. The molecular formula is C23H17BrN4O. The Labute approximate surface area is 176 Å². The maximum Gasteiger partial charge on any atom is 0.289 e. The molecule has 0 saturated carbocycles.